The fraction of sp³-hybridized carbons (Fsp3) is 0.619. The number of sulfone groups is 1. The number of hydrogen-bond acceptors (Lipinski definition) is 4. The van der Waals surface area contributed by atoms with Crippen LogP contribution in [0.25, 0.3) is 0 Å². The van der Waals surface area contributed by atoms with Crippen LogP contribution in [0.4, 0.5) is 0 Å². The van der Waals surface area contributed by atoms with Gasteiger partial charge in [0.25, 0.3) is 0 Å². The number of rotatable bonds is 5. The summed E-state index contributed by atoms with van der Waals surface area (Å²) in [5, 5.41) is 0.739. The number of amides is 1. The van der Waals surface area contributed by atoms with E-state index in [0.29, 0.717) is 18.9 Å². The van der Waals surface area contributed by atoms with Gasteiger partial charge in [-0.1, -0.05) is 61.4 Å². The van der Waals surface area contributed by atoms with Crippen LogP contribution in [0.15, 0.2) is 35.3 Å². The number of amidine groups is 1. The predicted molar refractivity (Wildman–Crippen MR) is 114 cm³/mol. The van der Waals surface area contributed by atoms with Crippen LogP contribution in [0.1, 0.15) is 44.1 Å². The molecule has 3 fully saturated rings. The lowest BCUT2D eigenvalue weighted by Gasteiger charge is -2.24. The van der Waals surface area contributed by atoms with E-state index < -0.39 is 9.84 Å². The molecule has 152 valence electrons. The van der Waals surface area contributed by atoms with Crippen molar-refractivity contribution in [1.82, 2.24) is 4.90 Å². The van der Waals surface area contributed by atoms with E-state index in [0.717, 1.165) is 24.4 Å². The smallest absolute Gasteiger partial charge is 0.248 e. The Morgan fingerprint density at radius 1 is 1.11 bits per heavy atom. The Morgan fingerprint density at radius 3 is 2.61 bits per heavy atom. The third kappa shape index (κ3) is 4.79. The van der Waals surface area contributed by atoms with Crippen LogP contribution in [-0.2, 0) is 21.1 Å². The lowest BCUT2D eigenvalue weighted by Crippen LogP contribution is -2.39. The molecule has 3 aliphatic rings. The number of aliphatic imine (C=N–C) groups is 1. The summed E-state index contributed by atoms with van der Waals surface area (Å²) in [6, 6.07) is 10.1. The van der Waals surface area contributed by atoms with Gasteiger partial charge in [-0.05, 0) is 30.7 Å². The molecule has 2 aliphatic heterocycles. The summed E-state index contributed by atoms with van der Waals surface area (Å²) < 4.78 is 24.2. The van der Waals surface area contributed by atoms with Crippen molar-refractivity contribution in [2.75, 3.05) is 18.1 Å². The molecule has 0 radical (unpaired) electrons. The minimum Gasteiger partial charge on any atom is -0.346 e. The highest BCUT2D eigenvalue weighted by atomic mass is 32.2. The molecule has 0 N–H and O–H groups in total. The van der Waals surface area contributed by atoms with E-state index in [1.807, 2.05) is 18.2 Å². The molecule has 2 atom stereocenters. The van der Waals surface area contributed by atoms with Crippen molar-refractivity contribution in [2.45, 2.75) is 56.2 Å². The molecule has 0 bridgehead atoms. The molecule has 5 nitrogen and oxygen atoms in total. The van der Waals surface area contributed by atoms with Crippen LogP contribution in [0.3, 0.4) is 0 Å². The van der Waals surface area contributed by atoms with E-state index in [2.05, 4.69) is 22.0 Å². The highest BCUT2D eigenvalue weighted by Gasteiger charge is 2.48. The van der Waals surface area contributed by atoms with Crippen molar-refractivity contribution in [3.8, 4) is 0 Å². The van der Waals surface area contributed by atoms with Crippen molar-refractivity contribution in [3.05, 3.63) is 35.9 Å². The first-order valence-corrected chi connectivity index (χ1v) is 13.0. The maximum absolute atomic E-state index is 12.6. The molecule has 7 heteroatoms. The molecule has 1 aliphatic carbocycles. The Morgan fingerprint density at radius 2 is 1.86 bits per heavy atom. The van der Waals surface area contributed by atoms with Gasteiger partial charge in [-0.25, -0.2) is 8.42 Å². The van der Waals surface area contributed by atoms with E-state index in [-0.39, 0.29) is 28.7 Å². The van der Waals surface area contributed by atoms with E-state index in [1.165, 1.54) is 36.6 Å². The molecule has 2 heterocycles. The average molecular weight is 421 g/mol. The van der Waals surface area contributed by atoms with Crippen LogP contribution in [0, 0.1) is 5.92 Å². The van der Waals surface area contributed by atoms with Crippen molar-refractivity contribution in [1.29, 1.82) is 0 Å². The summed E-state index contributed by atoms with van der Waals surface area (Å²) in [7, 11) is -3.00. The van der Waals surface area contributed by atoms with Gasteiger partial charge in [0, 0.05) is 18.2 Å². The molecule has 28 heavy (non-hydrogen) atoms. The van der Waals surface area contributed by atoms with E-state index in [9.17, 15) is 13.2 Å². The number of benzene rings is 1. The minimum atomic E-state index is -3.00. The number of carbonyl (C=O) groups is 1. The minimum absolute atomic E-state index is 0.00186. The zero-order valence-electron chi connectivity index (χ0n) is 16.1. The van der Waals surface area contributed by atoms with Gasteiger partial charge in [-0.3, -0.25) is 4.79 Å². The molecule has 1 saturated carbocycles. The van der Waals surface area contributed by atoms with Crippen molar-refractivity contribution in [2.24, 2.45) is 10.9 Å². The molecule has 1 aromatic carbocycles. The summed E-state index contributed by atoms with van der Waals surface area (Å²) in [5.74, 6) is 0.798. The van der Waals surface area contributed by atoms with Crippen LogP contribution >= 0.6 is 11.8 Å². The van der Waals surface area contributed by atoms with Crippen LogP contribution < -0.4 is 0 Å². The highest BCUT2D eigenvalue weighted by Crippen LogP contribution is 2.38. The second-order valence-electron chi connectivity index (χ2n) is 8.23. The normalized spacial score (nSPS) is 28.6. The van der Waals surface area contributed by atoms with E-state index in [4.69, 9.17) is 0 Å². The molecular weight excluding hydrogens is 392 g/mol. The Labute approximate surface area is 171 Å². The monoisotopic (exact) mass is 420 g/mol. The lowest BCUT2D eigenvalue weighted by atomic mass is 9.87. The van der Waals surface area contributed by atoms with Crippen molar-refractivity contribution in [3.63, 3.8) is 0 Å². The van der Waals surface area contributed by atoms with E-state index in [1.54, 1.807) is 0 Å². The molecule has 4 rings (SSSR count). The summed E-state index contributed by atoms with van der Waals surface area (Å²) in [4.78, 5) is 19.1. The lowest BCUT2D eigenvalue weighted by molar-refractivity contribution is -0.118. The van der Waals surface area contributed by atoms with Crippen molar-refractivity contribution < 1.29 is 13.2 Å². The quantitative estimate of drug-likeness (QED) is 0.731. The maximum atomic E-state index is 12.6. The number of fused-ring (bicyclic) bond motifs is 1. The standard InChI is InChI=1S/C21H28N2O3S2/c24-20(13-17-9-5-2-6-10-17)22-21-23(12-11-16-7-3-1-4-8-16)18-14-28(25,26)15-19(18)27-21/h1,3-4,7-8,17-19H,2,5-6,9-15H2/t18-,19+/m1/s1. The Kier molecular flexibility index (Phi) is 6.11. The molecule has 0 aromatic heterocycles. The molecule has 0 unspecified atom stereocenters. The van der Waals surface area contributed by atoms with Gasteiger partial charge in [0.2, 0.25) is 5.91 Å². The summed E-state index contributed by atoms with van der Waals surface area (Å²) in [5.41, 5.74) is 1.21. The Balaban J connectivity index is 1.47. The SMILES string of the molecule is O=C(CC1CCCCC1)N=C1S[C@H]2CS(=O)(=O)C[C@H]2N1CCc1ccccc1. The van der Waals surface area contributed by atoms with E-state index >= 15 is 0 Å². The molecule has 0 spiro atoms. The van der Waals surface area contributed by atoms with Crippen LogP contribution in [-0.4, -0.2) is 53.7 Å². The first kappa shape index (κ1) is 20.0. The third-order valence-corrected chi connectivity index (χ3v) is 9.32. The first-order valence-electron chi connectivity index (χ1n) is 10.3. The van der Waals surface area contributed by atoms with Gasteiger partial charge in [-0.2, -0.15) is 4.99 Å². The third-order valence-electron chi connectivity index (χ3n) is 6.07. The molecule has 1 amide bonds. The summed E-state index contributed by atoms with van der Waals surface area (Å²) in [6.45, 7) is 0.698. The molecule has 1 aromatic rings. The van der Waals surface area contributed by atoms with Gasteiger partial charge in [0.05, 0.1) is 17.5 Å². The Hall–Kier alpha value is -1.34. The van der Waals surface area contributed by atoms with Crippen LogP contribution in [0.2, 0.25) is 0 Å². The molecular formula is C21H28N2O3S2. The zero-order valence-corrected chi connectivity index (χ0v) is 17.8. The molecule has 2 saturated heterocycles. The number of carbonyl (C=O) groups excluding carboxylic acids is 1. The highest BCUT2D eigenvalue weighted by molar-refractivity contribution is 8.15. The fourth-order valence-electron chi connectivity index (χ4n) is 4.58. The second-order valence-corrected chi connectivity index (χ2v) is 11.6. The Bertz CT molecular complexity index is 832. The average Bonchev–Trinajstić information content (AvgIpc) is 3.12. The number of thioether (sulfide) groups is 1. The predicted octanol–water partition coefficient (Wildman–Crippen LogP) is 3.30. The number of hydrogen-bond donors (Lipinski definition) is 0. The van der Waals surface area contributed by atoms with Gasteiger partial charge in [0.1, 0.15) is 0 Å². The zero-order chi connectivity index (χ0) is 19.6. The maximum Gasteiger partial charge on any atom is 0.248 e. The largest absolute Gasteiger partial charge is 0.346 e. The fourth-order valence-corrected chi connectivity index (χ4v) is 8.58. The summed E-state index contributed by atoms with van der Waals surface area (Å²) in [6.07, 6.45) is 7.32. The second kappa shape index (κ2) is 8.57. The summed E-state index contributed by atoms with van der Waals surface area (Å²) >= 11 is 1.49. The van der Waals surface area contributed by atoms with Gasteiger partial charge in [-0.15, -0.1) is 0 Å². The van der Waals surface area contributed by atoms with Gasteiger partial charge < -0.3 is 4.90 Å². The number of nitrogens with zero attached hydrogens (tertiary/aromatic N) is 2. The van der Waals surface area contributed by atoms with Crippen molar-refractivity contribution >= 4 is 32.7 Å². The van der Waals surface area contributed by atoms with Crippen LogP contribution in [0.5, 0.6) is 0 Å². The van der Waals surface area contributed by atoms with Gasteiger partial charge >= 0.3 is 0 Å². The first-order chi connectivity index (χ1) is 13.5. The topological polar surface area (TPSA) is 66.8 Å². The van der Waals surface area contributed by atoms with Gasteiger partial charge in [0.15, 0.2) is 15.0 Å².